The number of nitrogens with zero attached hydrogens (tertiary/aromatic N) is 1. The number of hydrogen-bond donors (Lipinski definition) is 0. The van der Waals surface area contributed by atoms with E-state index in [4.69, 9.17) is 17.2 Å². The number of allylic oxidation sites excluding steroid dienone is 4. The molecule has 1 nitrogen and oxygen atoms in total. The van der Waals surface area contributed by atoms with Crippen molar-refractivity contribution in [2.24, 2.45) is 0 Å². The van der Waals surface area contributed by atoms with Crippen LogP contribution >= 0.6 is 23.6 Å². The quantitative estimate of drug-likeness (QED) is 0.595. The molecule has 16 heavy (non-hydrogen) atoms. The first-order valence-corrected chi connectivity index (χ1v) is 16.6. The van der Waals surface area contributed by atoms with Gasteiger partial charge in [-0.15, -0.1) is 0 Å². The van der Waals surface area contributed by atoms with E-state index in [1.165, 1.54) is 3.71 Å². The monoisotopic (exact) mass is 357 g/mol. The zero-order valence-corrected chi connectivity index (χ0v) is 14.3. The fourth-order valence-electron chi connectivity index (χ4n) is 1.47. The van der Waals surface area contributed by atoms with Gasteiger partial charge in [-0.3, -0.25) is 0 Å². The SMILES string of the molecule is [CH3][Sn]([CH3])([CH3])[c]1csc(C2=CC=CCC2=S)n1. The summed E-state index contributed by atoms with van der Waals surface area (Å²) in [6, 6.07) is 0. The van der Waals surface area contributed by atoms with E-state index in [9.17, 15) is 0 Å². The van der Waals surface area contributed by atoms with Crippen molar-refractivity contribution in [2.45, 2.75) is 21.2 Å². The van der Waals surface area contributed by atoms with Gasteiger partial charge in [0.25, 0.3) is 0 Å². The molecule has 1 heterocycles. The molecule has 4 heteroatoms. The van der Waals surface area contributed by atoms with Gasteiger partial charge in [-0.25, -0.2) is 0 Å². The first-order chi connectivity index (χ1) is 7.48. The number of thiazole rings is 1. The maximum atomic E-state index is 5.38. The molecule has 0 bridgehead atoms. The minimum atomic E-state index is -2.00. The van der Waals surface area contributed by atoms with E-state index in [0.717, 1.165) is 21.9 Å². The molecule has 0 amide bonds. The molecule has 2 rings (SSSR count). The normalized spacial score (nSPS) is 16.4. The van der Waals surface area contributed by atoms with Crippen molar-refractivity contribution in [3.63, 3.8) is 0 Å². The summed E-state index contributed by atoms with van der Waals surface area (Å²) in [5.74, 6) is 0. The van der Waals surface area contributed by atoms with Gasteiger partial charge in [-0.2, -0.15) is 0 Å². The average molecular weight is 356 g/mol. The molecule has 0 radical (unpaired) electrons. The Balaban J connectivity index is 2.35. The van der Waals surface area contributed by atoms with E-state index in [0.29, 0.717) is 0 Å². The van der Waals surface area contributed by atoms with Gasteiger partial charge in [0.05, 0.1) is 0 Å². The van der Waals surface area contributed by atoms with E-state index in [1.54, 1.807) is 11.3 Å². The van der Waals surface area contributed by atoms with Crippen molar-refractivity contribution in [3.8, 4) is 0 Å². The molecule has 0 saturated carbocycles. The van der Waals surface area contributed by atoms with E-state index in [-0.39, 0.29) is 0 Å². The fraction of sp³-hybridized carbons (Fsp3) is 0.333. The third-order valence-electron chi connectivity index (χ3n) is 2.51. The molecule has 0 aliphatic heterocycles. The Morgan fingerprint density at radius 1 is 1.38 bits per heavy atom. The molecule has 0 spiro atoms. The first-order valence-electron chi connectivity index (χ1n) is 5.35. The van der Waals surface area contributed by atoms with Crippen LogP contribution < -0.4 is 3.71 Å². The molecule has 0 fully saturated rings. The molecule has 1 aliphatic rings. The summed E-state index contributed by atoms with van der Waals surface area (Å²) in [5, 5.41) is 3.34. The Kier molecular flexibility index (Phi) is 3.66. The Morgan fingerprint density at radius 2 is 2.12 bits per heavy atom. The second-order valence-electron chi connectivity index (χ2n) is 4.92. The molecule has 1 aliphatic carbocycles. The van der Waals surface area contributed by atoms with Crippen molar-refractivity contribution < 1.29 is 0 Å². The van der Waals surface area contributed by atoms with Crippen LogP contribution in [0.2, 0.25) is 14.8 Å². The Morgan fingerprint density at radius 3 is 2.69 bits per heavy atom. The van der Waals surface area contributed by atoms with Crippen LogP contribution in [0.3, 0.4) is 0 Å². The van der Waals surface area contributed by atoms with Gasteiger partial charge in [0.1, 0.15) is 0 Å². The predicted octanol–water partition coefficient (Wildman–Crippen LogP) is 3.40. The molecule has 1 aromatic heterocycles. The zero-order valence-electron chi connectivity index (χ0n) is 9.78. The van der Waals surface area contributed by atoms with Gasteiger partial charge >= 0.3 is 111 Å². The van der Waals surface area contributed by atoms with Crippen molar-refractivity contribution >= 4 is 56.1 Å². The van der Waals surface area contributed by atoms with Crippen molar-refractivity contribution in [2.75, 3.05) is 0 Å². The Bertz CT molecular complexity index is 477. The van der Waals surface area contributed by atoms with Crippen LogP contribution in [0.1, 0.15) is 11.4 Å². The van der Waals surface area contributed by atoms with Gasteiger partial charge < -0.3 is 0 Å². The van der Waals surface area contributed by atoms with Crippen LogP contribution in [0.5, 0.6) is 0 Å². The van der Waals surface area contributed by atoms with Crippen molar-refractivity contribution in [1.82, 2.24) is 4.98 Å². The molecular formula is C12H15NS2Sn. The number of aromatic nitrogens is 1. The summed E-state index contributed by atoms with van der Waals surface area (Å²) >= 11 is 5.11. The molecule has 84 valence electrons. The summed E-state index contributed by atoms with van der Waals surface area (Å²) < 4.78 is 1.35. The molecule has 0 atom stereocenters. The topological polar surface area (TPSA) is 12.9 Å². The van der Waals surface area contributed by atoms with Crippen molar-refractivity contribution in [3.05, 3.63) is 28.6 Å². The Labute approximate surface area is 110 Å². The van der Waals surface area contributed by atoms with E-state index in [2.05, 4.69) is 38.4 Å². The standard InChI is InChI=1S/C9H6NS2.3CH3.Sn/c11-8-4-2-1-3-7(8)9-10-5-6-12-9;;;;/h1-3,6H,4H2;3*1H3;. The van der Waals surface area contributed by atoms with Gasteiger partial charge in [0.15, 0.2) is 0 Å². The predicted molar refractivity (Wildman–Crippen MR) is 79.4 cm³/mol. The summed E-state index contributed by atoms with van der Waals surface area (Å²) in [4.78, 5) is 13.0. The van der Waals surface area contributed by atoms with E-state index >= 15 is 0 Å². The number of hydrogen-bond acceptors (Lipinski definition) is 3. The van der Waals surface area contributed by atoms with Crippen molar-refractivity contribution in [1.29, 1.82) is 0 Å². The maximum absolute atomic E-state index is 5.38. The molecule has 0 N–H and O–H groups in total. The second-order valence-corrected chi connectivity index (χ2v) is 20.6. The van der Waals surface area contributed by atoms with Gasteiger partial charge in [0, 0.05) is 0 Å². The second kappa shape index (κ2) is 4.70. The van der Waals surface area contributed by atoms with Gasteiger partial charge in [-0.05, 0) is 0 Å². The van der Waals surface area contributed by atoms with Crippen LogP contribution in [0.15, 0.2) is 23.6 Å². The van der Waals surface area contributed by atoms with Crippen LogP contribution in [-0.2, 0) is 0 Å². The van der Waals surface area contributed by atoms with Crippen LogP contribution in [0, 0.1) is 0 Å². The number of rotatable bonds is 2. The summed E-state index contributed by atoms with van der Waals surface area (Å²) in [7, 11) is 0. The molecule has 0 aromatic carbocycles. The number of thiocarbonyl (C=S) groups is 1. The van der Waals surface area contributed by atoms with Gasteiger partial charge in [-0.1, -0.05) is 0 Å². The molecule has 0 unspecified atom stereocenters. The van der Waals surface area contributed by atoms with Crippen LogP contribution in [0.25, 0.3) is 5.57 Å². The molecular weight excluding hydrogens is 341 g/mol. The first kappa shape index (κ1) is 12.5. The summed E-state index contributed by atoms with van der Waals surface area (Å²) in [6.07, 6.45) is 7.15. The molecule has 0 saturated heterocycles. The summed E-state index contributed by atoms with van der Waals surface area (Å²) in [5.41, 5.74) is 1.16. The Hall–Kier alpha value is -0.00130. The zero-order chi connectivity index (χ0) is 11.8. The minimum absolute atomic E-state index is 0.884. The summed E-state index contributed by atoms with van der Waals surface area (Å²) in [6.45, 7) is 0. The van der Waals surface area contributed by atoms with E-state index < -0.39 is 18.4 Å². The van der Waals surface area contributed by atoms with Crippen LogP contribution in [-0.4, -0.2) is 28.2 Å². The average Bonchev–Trinajstić information content (AvgIpc) is 2.66. The fourth-order valence-corrected chi connectivity index (χ4v) is 7.94. The molecule has 1 aromatic rings. The third-order valence-corrected chi connectivity index (χ3v) is 9.48. The van der Waals surface area contributed by atoms with E-state index in [1.807, 2.05) is 0 Å². The van der Waals surface area contributed by atoms with Gasteiger partial charge in [0.2, 0.25) is 0 Å². The third kappa shape index (κ3) is 2.63. The van der Waals surface area contributed by atoms with Crippen LogP contribution in [0.4, 0.5) is 0 Å².